The van der Waals surface area contributed by atoms with Gasteiger partial charge in [0.15, 0.2) is 0 Å². The number of carbonyl (C=O) groups excluding carboxylic acids is 1. The van der Waals surface area contributed by atoms with Gasteiger partial charge in [-0.3, -0.25) is 14.6 Å². The zero-order chi connectivity index (χ0) is 15.4. The molecule has 2 saturated heterocycles. The summed E-state index contributed by atoms with van der Waals surface area (Å²) in [6.07, 6.45) is 2.42. The molecule has 0 bridgehead atoms. The first kappa shape index (κ1) is 16.7. The van der Waals surface area contributed by atoms with E-state index in [1.54, 1.807) is 0 Å². The fourth-order valence-corrected chi connectivity index (χ4v) is 3.76. The summed E-state index contributed by atoms with van der Waals surface area (Å²) >= 11 is 0. The van der Waals surface area contributed by atoms with Crippen LogP contribution in [0.25, 0.3) is 0 Å². The van der Waals surface area contributed by atoms with Gasteiger partial charge in [0.2, 0.25) is 5.91 Å². The van der Waals surface area contributed by atoms with Gasteiger partial charge < -0.3 is 10.2 Å². The van der Waals surface area contributed by atoms with Crippen LogP contribution >= 0.6 is 0 Å². The van der Waals surface area contributed by atoms with Crippen LogP contribution < -0.4 is 5.32 Å². The van der Waals surface area contributed by atoms with E-state index in [9.17, 15) is 4.79 Å². The van der Waals surface area contributed by atoms with Crippen LogP contribution in [-0.2, 0) is 4.79 Å². The number of likely N-dealkylation sites (N-methyl/N-ethyl adjacent to an activating group) is 1. The molecular weight excluding hydrogens is 264 g/mol. The molecule has 2 fully saturated rings. The Labute approximate surface area is 129 Å². The monoisotopic (exact) mass is 296 g/mol. The van der Waals surface area contributed by atoms with Crippen molar-refractivity contribution in [3.05, 3.63) is 0 Å². The van der Waals surface area contributed by atoms with Gasteiger partial charge in [-0.1, -0.05) is 0 Å². The van der Waals surface area contributed by atoms with Crippen molar-refractivity contribution < 1.29 is 4.79 Å². The van der Waals surface area contributed by atoms with Crippen LogP contribution in [0.5, 0.6) is 0 Å². The minimum atomic E-state index is 0.00511. The quantitative estimate of drug-likeness (QED) is 0.807. The Balaban J connectivity index is 1.80. The molecule has 3 atom stereocenters. The predicted molar refractivity (Wildman–Crippen MR) is 86.4 cm³/mol. The van der Waals surface area contributed by atoms with Gasteiger partial charge in [0, 0.05) is 58.4 Å². The van der Waals surface area contributed by atoms with Gasteiger partial charge in [0.1, 0.15) is 0 Å². The topological polar surface area (TPSA) is 38.8 Å². The first-order valence-electron chi connectivity index (χ1n) is 8.46. The van der Waals surface area contributed by atoms with Crippen molar-refractivity contribution in [3.63, 3.8) is 0 Å². The molecule has 0 aromatic carbocycles. The van der Waals surface area contributed by atoms with E-state index in [-0.39, 0.29) is 11.9 Å². The SMILES string of the molecule is CC1CCC(C)N1C(C)C(=O)N(C)CCN1CCNCC1. The zero-order valence-electron chi connectivity index (χ0n) is 14.1. The minimum Gasteiger partial charge on any atom is -0.343 e. The van der Waals surface area contributed by atoms with E-state index in [4.69, 9.17) is 0 Å². The van der Waals surface area contributed by atoms with Gasteiger partial charge in [-0.2, -0.15) is 0 Å². The third kappa shape index (κ3) is 4.18. The van der Waals surface area contributed by atoms with Gasteiger partial charge in [0.05, 0.1) is 6.04 Å². The van der Waals surface area contributed by atoms with Crippen molar-refractivity contribution in [2.24, 2.45) is 0 Å². The van der Waals surface area contributed by atoms with Crippen molar-refractivity contribution in [2.45, 2.75) is 51.7 Å². The summed E-state index contributed by atoms with van der Waals surface area (Å²) in [5.74, 6) is 0.269. The van der Waals surface area contributed by atoms with Gasteiger partial charge in [-0.05, 0) is 33.6 Å². The highest BCUT2D eigenvalue weighted by molar-refractivity contribution is 5.81. The van der Waals surface area contributed by atoms with Crippen molar-refractivity contribution >= 4 is 5.91 Å². The molecule has 2 aliphatic heterocycles. The molecule has 5 nitrogen and oxygen atoms in total. The smallest absolute Gasteiger partial charge is 0.239 e. The van der Waals surface area contributed by atoms with Gasteiger partial charge in [0.25, 0.3) is 0 Å². The predicted octanol–water partition coefficient (Wildman–Crippen LogP) is 0.611. The van der Waals surface area contributed by atoms with E-state index < -0.39 is 0 Å². The third-order valence-electron chi connectivity index (χ3n) is 5.16. The summed E-state index contributed by atoms with van der Waals surface area (Å²) in [5, 5.41) is 3.36. The molecule has 2 aliphatic rings. The van der Waals surface area contributed by atoms with Crippen LogP contribution in [0.15, 0.2) is 0 Å². The van der Waals surface area contributed by atoms with Gasteiger partial charge in [-0.15, -0.1) is 0 Å². The van der Waals surface area contributed by atoms with Crippen molar-refractivity contribution in [1.82, 2.24) is 20.0 Å². The lowest BCUT2D eigenvalue weighted by molar-refractivity contribution is -0.136. The average molecular weight is 296 g/mol. The molecular formula is C16H32N4O. The van der Waals surface area contributed by atoms with E-state index in [0.29, 0.717) is 12.1 Å². The van der Waals surface area contributed by atoms with E-state index in [0.717, 1.165) is 39.3 Å². The van der Waals surface area contributed by atoms with Crippen molar-refractivity contribution in [1.29, 1.82) is 0 Å². The summed E-state index contributed by atoms with van der Waals surface area (Å²) in [4.78, 5) is 19.4. The summed E-state index contributed by atoms with van der Waals surface area (Å²) in [5.41, 5.74) is 0. The lowest BCUT2D eigenvalue weighted by Gasteiger charge is -2.35. The number of piperazine rings is 1. The van der Waals surface area contributed by atoms with Crippen LogP contribution in [0.1, 0.15) is 33.6 Å². The highest BCUT2D eigenvalue weighted by Gasteiger charge is 2.35. The molecule has 2 rings (SSSR count). The molecule has 0 saturated carbocycles. The van der Waals surface area contributed by atoms with E-state index in [1.165, 1.54) is 12.8 Å². The maximum absolute atomic E-state index is 12.6. The Morgan fingerprint density at radius 1 is 1.24 bits per heavy atom. The van der Waals surface area contributed by atoms with Crippen LogP contribution in [-0.4, -0.2) is 85.0 Å². The highest BCUT2D eigenvalue weighted by atomic mass is 16.2. The van der Waals surface area contributed by atoms with Gasteiger partial charge in [-0.25, -0.2) is 0 Å². The molecule has 3 unspecified atom stereocenters. The molecule has 0 radical (unpaired) electrons. The molecule has 1 N–H and O–H groups in total. The van der Waals surface area contributed by atoms with Gasteiger partial charge >= 0.3 is 0 Å². The average Bonchev–Trinajstić information content (AvgIpc) is 2.83. The number of rotatable bonds is 5. The first-order valence-corrected chi connectivity index (χ1v) is 8.46. The summed E-state index contributed by atoms with van der Waals surface area (Å²) in [6, 6.07) is 1.06. The molecule has 5 heteroatoms. The summed E-state index contributed by atoms with van der Waals surface area (Å²) < 4.78 is 0. The second-order valence-electron chi connectivity index (χ2n) is 6.75. The molecule has 1 amide bonds. The third-order valence-corrected chi connectivity index (χ3v) is 5.16. The maximum Gasteiger partial charge on any atom is 0.239 e. The molecule has 21 heavy (non-hydrogen) atoms. The maximum atomic E-state index is 12.6. The van der Waals surface area contributed by atoms with Crippen LogP contribution in [0.3, 0.4) is 0 Å². The number of carbonyl (C=O) groups is 1. The zero-order valence-corrected chi connectivity index (χ0v) is 14.1. The Morgan fingerprint density at radius 3 is 2.38 bits per heavy atom. The molecule has 0 aliphatic carbocycles. The number of nitrogens with one attached hydrogen (secondary N) is 1. The minimum absolute atomic E-state index is 0.00511. The highest BCUT2D eigenvalue weighted by Crippen LogP contribution is 2.26. The molecule has 2 heterocycles. The Hall–Kier alpha value is -0.650. The molecule has 0 spiro atoms. The first-order chi connectivity index (χ1) is 10.0. The number of likely N-dealkylation sites (tertiary alicyclic amines) is 1. The number of hydrogen-bond acceptors (Lipinski definition) is 4. The number of hydrogen-bond donors (Lipinski definition) is 1. The lowest BCUT2D eigenvalue weighted by atomic mass is 10.2. The van der Waals surface area contributed by atoms with E-state index in [1.807, 2.05) is 11.9 Å². The van der Waals surface area contributed by atoms with Crippen molar-refractivity contribution in [3.8, 4) is 0 Å². The fraction of sp³-hybridized carbons (Fsp3) is 0.938. The second kappa shape index (κ2) is 7.56. The van der Waals surface area contributed by atoms with Crippen LogP contribution in [0, 0.1) is 0 Å². The molecule has 0 aromatic rings. The molecule has 122 valence electrons. The normalized spacial score (nSPS) is 29.5. The Morgan fingerprint density at radius 2 is 1.81 bits per heavy atom. The number of nitrogens with zero attached hydrogens (tertiary/aromatic N) is 3. The largest absolute Gasteiger partial charge is 0.343 e. The summed E-state index contributed by atoms with van der Waals surface area (Å²) in [7, 11) is 1.95. The summed E-state index contributed by atoms with van der Waals surface area (Å²) in [6.45, 7) is 12.7. The van der Waals surface area contributed by atoms with Crippen LogP contribution in [0.4, 0.5) is 0 Å². The van der Waals surface area contributed by atoms with Crippen LogP contribution in [0.2, 0.25) is 0 Å². The second-order valence-corrected chi connectivity index (χ2v) is 6.75. The molecule has 0 aromatic heterocycles. The van der Waals surface area contributed by atoms with E-state index in [2.05, 4.69) is 35.9 Å². The Kier molecular flexibility index (Phi) is 6.02. The number of amides is 1. The Bertz CT molecular complexity index is 333. The standard InChI is InChI=1S/C16H32N4O/c1-13-5-6-14(2)20(13)15(3)16(21)18(4)11-12-19-9-7-17-8-10-19/h13-15,17H,5-12H2,1-4H3. The van der Waals surface area contributed by atoms with Crippen molar-refractivity contribution in [2.75, 3.05) is 46.3 Å². The van der Waals surface area contributed by atoms with E-state index >= 15 is 0 Å². The lowest BCUT2D eigenvalue weighted by Crippen LogP contribution is -2.51. The fourth-order valence-electron chi connectivity index (χ4n) is 3.76.